The lowest BCUT2D eigenvalue weighted by Gasteiger charge is -2.11. The zero-order valence-electron chi connectivity index (χ0n) is 10.6. The van der Waals surface area contributed by atoms with Crippen molar-refractivity contribution in [3.05, 3.63) is 29.8 Å². The van der Waals surface area contributed by atoms with Crippen LogP contribution in [0, 0.1) is 0 Å². The normalized spacial score (nSPS) is 10.5. The summed E-state index contributed by atoms with van der Waals surface area (Å²) in [6, 6.07) is 8.35. The molecule has 0 saturated carbocycles. The number of rotatable bonds is 9. The molecule has 0 amide bonds. The van der Waals surface area contributed by atoms with E-state index >= 15 is 0 Å². The molecule has 0 bridgehead atoms. The highest BCUT2D eigenvalue weighted by atomic mass is 16.5. The number of aliphatic hydroxyl groups excluding tert-OH is 1. The van der Waals surface area contributed by atoms with Crippen molar-refractivity contribution >= 4 is 5.69 Å². The summed E-state index contributed by atoms with van der Waals surface area (Å²) >= 11 is 0. The molecule has 0 aromatic heterocycles. The average molecular weight is 237 g/mol. The maximum Gasteiger partial charge on any atom is 0.0503 e. The third-order valence-corrected chi connectivity index (χ3v) is 2.74. The molecule has 0 atom stereocenters. The van der Waals surface area contributed by atoms with Gasteiger partial charge in [-0.05, 0) is 37.3 Å². The maximum absolute atomic E-state index is 8.69. The Morgan fingerprint density at radius 2 is 2.00 bits per heavy atom. The van der Waals surface area contributed by atoms with Crippen LogP contribution in [0.15, 0.2) is 24.3 Å². The van der Waals surface area contributed by atoms with Gasteiger partial charge in [-0.15, -0.1) is 0 Å². The second kappa shape index (κ2) is 9.02. The van der Waals surface area contributed by atoms with Gasteiger partial charge in [-0.2, -0.15) is 0 Å². The lowest BCUT2D eigenvalue weighted by molar-refractivity contribution is 0.202. The van der Waals surface area contributed by atoms with E-state index in [0.717, 1.165) is 38.8 Å². The van der Waals surface area contributed by atoms with Gasteiger partial charge in [-0.1, -0.05) is 18.2 Å². The fraction of sp³-hybridized carbons (Fsp3) is 0.571. The highest BCUT2D eigenvalue weighted by Gasteiger charge is 2.00. The molecule has 1 aromatic rings. The predicted octanol–water partition coefficient (Wildman–Crippen LogP) is 2.45. The van der Waals surface area contributed by atoms with Crippen LogP contribution in [0.5, 0.6) is 0 Å². The largest absolute Gasteiger partial charge is 0.396 e. The van der Waals surface area contributed by atoms with Crippen LogP contribution >= 0.6 is 0 Å². The summed E-state index contributed by atoms with van der Waals surface area (Å²) in [6.07, 6.45) is 4.01. The number of hydrogen-bond acceptors (Lipinski definition) is 3. The Bertz CT molecular complexity index is 302. The first-order chi connectivity index (χ1) is 8.38. The van der Waals surface area contributed by atoms with Gasteiger partial charge in [0.05, 0.1) is 6.61 Å². The second-order valence-corrected chi connectivity index (χ2v) is 4.11. The lowest BCUT2D eigenvalue weighted by Crippen LogP contribution is -2.05. The lowest BCUT2D eigenvalue weighted by atomic mass is 10.1. The molecule has 0 unspecified atom stereocenters. The molecule has 96 valence electrons. The number of hydrogen-bond donors (Lipinski definition) is 2. The maximum atomic E-state index is 8.69. The zero-order valence-corrected chi connectivity index (χ0v) is 10.6. The molecule has 3 nitrogen and oxygen atoms in total. The van der Waals surface area contributed by atoms with Gasteiger partial charge in [0, 0.05) is 25.9 Å². The van der Waals surface area contributed by atoms with Gasteiger partial charge >= 0.3 is 0 Å². The molecule has 3 heteroatoms. The van der Waals surface area contributed by atoms with Crippen molar-refractivity contribution < 1.29 is 9.84 Å². The van der Waals surface area contributed by atoms with E-state index in [-0.39, 0.29) is 0 Å². The fourth-order valence-corrected chi connectivity index (χ4v) is 1.76. The van der Waals surface area contributed by atoms with E-state index in [0.29, 0.717) is 6.61 Å². The van der Waals surface area contributed by atoms with Crippen molar-refractivity contribution in [1.29, 1.82) is 0 Å². The molecule has 1 rings (SSSR count). The molecule has 0 radical (unpaired) electrons. The molecule has 0 saturated heterocycles. The number of benzene rings is 1. The first-order valence-electron chi connectivity index (χ1n) is 6.30. The fourth-order valence-electron chi connectivity index (χ4n) is 1.76. The van der Waals surface area contributed by atoms with Gasteiger partial charge in [0.1, 0.15) is 0 Å². The van der Waals surface area contributed by atoms with Gasteiger partial charge in [0.2, 0.25) is 0 Å². The second-order valence-electron chi connectivity index (χ2n) is 4.11. The summed E-state index contributed by atoms with van der Waals surface area (Å²) in [6.45, 7) is 2.01. The number of nitrogens with one attached hydrogen (secondary N) is 1. The van der Waals surface area contributed by atoms with E-state index in [1.807, 2.05) is 6.07 Å². The first-order valence-corrected chi connectivity index (χ1v) is 6.30. The van der Waals surface area contributed by atoms with Crippen LogP contribution in [0.4, 0.5) is 5.69 Å². The Morgan fingerprint density at radius 3 is 2.76 bits per heavy atom. The summed E-state index contributed by atoms with van der Waals surface area (Å²) in [4.78, 5) is 0. The monoisotopic (exact) mass is 237 g/mol. The molecule has 0 heterocycles. The zero-order chi connectivity index (χ0) is 12.3. The Morgan fingerprint density at radius 1 is 1.18 bits per heavy atom. The van der Waals surface area contributed by atoms with Crippen molar-refractivity contribution in [2.45, 2.75) is 25.7 Å². The van der Waals surface area contributed by atoms with Crippen molar-refractivity contribution in [2.75, 3.05) is 32.2 Å². The minimum Gasteiger partial charge on any atom is -0.396 e. The van der Waals surface area contributed by atoms with E-state index in [1.165, 1.54) is 11.3 Å². The van der Waals surface area contributed by atoms with Gasteiger partial charge in [0.25, 0.3) is 0 Å². The van der Waals surface area contributed by atoms with E-state index in [1.54, 1.807) is 7.11 Å². The molecule has 1 aromatic carbocycles. The minimum absolute atomic E-state index is 0.296. The minimum atomic E-state index is 0.296. The van der Waals surface area contributed by atoms with Crippen molar-refractivity contribution in [1.82, 2.24) is 0 Å². The van der Waals surface area contributed by atoms with Crippen molar-refractivity contribution in [3.63, 3.8) is 0 Å². The number of methoxy groups -OCH3 is 1. The first kappa shape index (κ1) is 14.0. The molecule has 17 heavy (non-hydrogen) atoms. The molecule has 0 aliphatic heterocycles. The van der Waals surface area contributed by atoms with E-state index in [9.17, 15) is 0 Å². The molecule has 0 fully saturated rings. The van der Waals surface area contributed by atoms with Crippen LogP contribution in [0.3, 0.4) is 0 Å². The van der Waals surface area contributed by atoms with Crippen LogP contribution in [-0.4, -0.2) is 32.0 Å². The van der Waals surface area contributed by atoms with E-state index < -0.39 is 0 Å². The SMILES string of the molecule is COCCc1ccccc1NCCCCCO. The highest BCUT2D eigenvalue weighted by molar-refractivity contribution is 5.51. The number of para-hydroxylation sites is 1. The smallest absolute Gasteiger partial charge is 0.0503 e. The number of unbranched alkanes of at least 4 members (excludes halogenated alkanes) is 2. The molecule has 0 spiro atoms. The van der Waals surface area contributed by atoms with Crippen LogP contribution in [-0.2, 0) is 11.2 Å². The molecular weight excluding hydrogens is 214 g/mol. The summed E-state index contributed by atoms with van der Waals surface area (Å²) in [5.41, 5.74) is 2.50. The summed E-state index contributed by atoms with van der Waals surface area (Å²) in [5, 5.41) is 12.1. The Labute approximate surface area is 104 Å². The van der Waals surface area contributed by atoms with Crippen LogP contribution in [0.1, 0.15) is 24.8 Å². The van der Waals surface area contributed by atoms with Gasteiger partial charge in [-0.25, -0.2) is 0 Å². The topological polar surface area (TPSA) is 41.5 Å². The average Bonchev–Trinajstić information content (AvgIpc) is 2.37. The predicted molar refractivity (Wildman–Crippen MR) is 71.4 cm³/mol. The molecule has 2 N–H and O–H groups in total. The third-order valence-electron chi connectivity index (χ3n) is 2.74. The molecular formula is C14H23NO2. The Balaban J connectivity index is 2.35. The van der Waals surface area contributed by atoms with Crippen LogP contribution in [0.25, 0.3) is 0 Å². The van der Waals surface area contributed by atoms with Crippen LogP contribution < -0.4 is 5.32 Å². The highest BCUT2D eigenvalue weighted by Crippen LogP contribution is 2.15. The Kier molecular flexibility index (Phi) is 7.43. The van der Waals surface area contributed by atoms with E-state index in [4.69, 9.17) is 9.84 Å². The number of aliphatic hydroxyl groups is 1. The summed E-state index contributed by atoms with van der Waals surface area (Å²) < 4.78 is 5.10. The van der Waals surface area contributed by atoms with Gasteiger partial charge < -0.3 is 15.2 Å². The van der Waals surface area contributed by atoms with Crippen LogP contribution in [0.2, 0.25) is 0 Å². The van der Waals surface area contributed by atoms with Crippen molar-refractivity contribution in [3.8, 4) is 0 Å². The third kappa shape index (κ3) is 5.71. The quantitative estimate of drug-likeness (QED) is 0.648. The number of ether oxygens (including phenoxy) is 1. The summed E-state index contributed by atoms with van der Waals surface area (Å²) in [5.74, 6) is 0. The number of anilines is 1. The summed E-state index contributed by atoms with van der Waals surface area (Å²) in [7, 11) is 1.73. The van der Waals surface area contributed by atoms with Gasteiger partial charge in [0.15, 0.2) is 0 Å². The Hall–Kier alpha value is -1.06. The molecule has 0 aliphatic carbocycles. The van der Waals surface area contributed by atoms with E-state index in [2.05, 4.69) is 23.5 Å². The van der Waals surface area contributed by atoms with Crippen molar-refractivity contribution in [2.24, 2.45) is 0 Å². The standard InChI is InChI=1S/C14H23NO2/c1-17-12-9-13-7-3-4-8-14(13)15-10-5-2-6-11-16/h3-4,7-8,15-16H,2,5-6,9-12H2,1H3. The molecule has 0 aliphatic rings. The van der Waals surface area contributed by atoms with Gasteiger partial charge in [-0.3, -0.25) is 0 Å².